The topological polar surface area (TPSA) is 111 Å². The lowest BCUT2D eigenvalue weighted by atomic mass is 10.3. The Kier molecular flexibility index (Phi) is 4.62. The normalized spacial score (nSPS) is 12.8. The van der Waals surface area contributed by atoms with E-state index >= 15 is 0 Å². The highest BCUT2D eigenvalue weighted by atomic mass is 19.4. The molecule has 0 fully saturated rings. The number of alkyl halides is 3. The van der Waals surface area contributed by atoms with Crippen molar-refractivity contribution in [2.45, 2.75) is 26.1 Å². The maximum atomic E-state index is 12.8. The molecular formula is C13H16F3N7O. The third-order valence-corrected chi connectivity index (χ3v) is 3.40. The second-order valence-electron chi connectivity index (χ2n) is 5.00. The van der Waals surface area contributed by atoms with Crippen LogP contribution >= 0.6 is 0 Å². The molecule has 24 heavy (non-hydrogen) atoms. The Morgan fingerprint density at radius 1 is 1.38 bits per heavy atom. The Morgan fingerprint density at radius 3 is 2.58 bits per heavy atom. The van der Waals surface area contributed by atoms with Crippen molar-refractivity contribution in [3.63, 3.8) is 0 Å². The van der Waals surface area contributed by atoms with E-state index in [-0.39, 0.29) is 11.8 Å². The molecule has 0 radical (unpaired) electrons. The van der Waals surface area contributed by atoms with Crippen molar-refractivity contribution in [1.82, 2.24) is 19.7 Å². The monoisotopic (exact) mass is 343 g/mol. The molecule has 0 aliphatic carbocycles. The average Bonchev–Trinajstić information content (AvgIpc) is 2.86. The molecule has 0 spiro atoms. The van der Waals surface area contributed by atoms with Crippen molar-refractivity contribution in [3.8, 4) is 0 Å². The number of rotatable bonds is 5. The van der Waals surface area contributed by atoms with Gasteiger partial charge in [0, 0.05) is 13.2 Å². The van der Waals surface area contributed by atoms with Gasteiger partial charge in [-0.1, -0.05) is 0 Å². The van der Waals surface area contributed by atoms with Gasteiger partial charge in [0.15, 0.2) is 0 Å². The first-order valence-electron chi connectivity index (χ1n) is 6.87. The first-order chi connectivity index (χ1) is 11.1. The van der Waals surface area contributed by atoms with E-state index in [1.807, 2.05) is 0 Å². The van der Waals surface area contributed by atoms with Crippen molar-refractivity contribution in [1.29, 1.82) is 0 Å². The van der Waals surface area contributed by atoms with Gasteiger partial charge in [-0.05, 0) is 13.8 Å². The van der Waals surface area contributed by atoms with Crippen LogP contribution in [0.25, 0.3) is 0 Å². The van der Waals surface area contributed by atoms with Crippen LogP contribution in [0.5, 0.6) is 0 Å². The SMILES string of the molecule is CNc1nc(Nc2cnn(C(C)C(N)=O)c2C)ncc1C(F)(F)F. The lowest BCUT2D eigenvalue weighted by molar-refractivity contribution is -0.137. The molecule has 1 amide bonds. The zero-order chi connectivity index (χ0) is 18.1. The molecule has 0 bridgehead atoms. The number of nitrogens with one attached hydrogen (secondary N) is 2. The number of halogens is 3. The van der Waals surface area contributed by atoms with Crippen molar-refractivity contribution in [3.05, 3.63) is 23.7 Å². The number of hydrogen-bond donors (Lipinski definition) is 3. The standard InChI is InChI=1S/C13H16F3N7O/c1-6-9(5-20-23(6)7(2)10(17)24)21-12-19-4-8(13(14,15)16)11(18-3)22-12/h4-5,7H,1-3H3,(H2,17,24)(H2,18,19,21,22). The van der Waals surface area contributed by atoms with Gasteiger partial charge in [0.2, 0.25) is 11.9 Å². The number of nitrogens with zero attached hydrogens (tertiary/aromatic N) is 4. The van der Waals surface area contributed by atoms with Gasteiger partial charge >= 0.3 is 6.18 Å². The molecule has 2 heterocycles. The van der Waals surface area contributed by atoms with Crippen LogP contribution in [-0.2, 0) is 11.0 Å². The van der Waals surface area contributed by atoms with Crippen LogP contribution in [-0.4, -0.2) is 32.7 Å². The Balaban J connectivity index is 2.31. The summed E-state index contributed by atoms with van der Waals surface area (Å²) in [6, 6.07) is -0.665. The van der Waals surface area contributed by atoms with E-state index in [0.29, 0.717) is 17.6 Å². The molecule has 0 aromatic carbocycles. The second kappa shape index (κ2) is 6.34. The molecule has 1 atom stereocenters. The molecule has 130 valence electrons. The number of hydrogen-bond acceptors (Lipinski definition) is 6. The number of aromatic nitrogens is 4. The Hall–Kier alpha value is -2.85. The number of carbonyl (C=O) groups excluding carboxylic acids is 1. The molecule has 8 nitrogen and oxygen atoms in total. The number of amides is 1. The number of primary amides is 1. The van der Waals surface area contributed by atoms with Crippen LogP contribution in [0.1, 0.15) is 24.2 Å². The van der Waals surface area contributed by atoms with Crippen LogP contribution in [0.15, 0.2) is 12.4 Å². The van der Waals surface area contributed by atoms with Gasteiger partial charge in [-0.25, -0.2) is 4.98 Å². The highest BCUT2D eigenvalue weighted by molar-refractivity contribution is 5.78. The smallest absolute Gasteiger partial charge is 0.372 e. The Labute approximate surface area is 135 Å². The second-order valence-corrected chi connectivity index (χ2v) is 5.00. The van der Waals surface area contributed by atoms with E-state index in [1.54, 1.807) is 13.8 Å². The fourth-order valence-corrected chi connectivity index (χ4v) is 2.02. The molecule has 1 unspecified atom stereocenters. The highest BCUT2D eigenvalue weighted by Gasteiger charge is 2.35. The molecule has 0 aliphatic heterocycles. The minimum Gasteiger partial charge on any atom is -0.372 e. The minimum atomic E-state index is -4.56. The molecule has 4 N–H and O–H groups in total. The van der Waals surface area contributed by atoms with Crippen molar-refractivity contribution < 1.29 is 18.0 Å². The van der Waals surface area contributed by atoms with Crippen LogP contribution in [0.2, 0.25) is 0 Å². The lowest BCUT2D eigenvalue weighted by Crippen LogP contribution is -2.25. The molecule has 0 saturated carbocycles. The third kappa shape index (κ3) is 3.39. The van der Waals surface area contributed by atoms with Gasteiger partial charge in [-0.3, -0.25) is 9.48 Å². The number of carbonyl (C=O) groups is 1. The summed E-state index contributed by atoms with van der Waals surface area (Å²) in [4.78, 5) is 18.7. The largest absolute Gasteiger partial charge is 0.421 e. The quantitative estimate of drug-likeness (QED) is 0.764. The maximum absolute atomic E-state index is 12.8. The molecule has 2 rings (SSSR count). The van der Waals surface area contributed by atoms with E-state index in [4.69, 9.17) is 5.73 Å². The minimum absolute atomic E-state index is 0.0401. The molecular weight excluding hydrogens is 327 g/mol. The zero-order valence-electron chi connectivity index (χ0n) is 13.1. The maximum Gasteiger partial charge on any atom is 0.421 e. The summed E-state index contributed by atoms with van der Waals surface area (Å²) in [5.74, 6) is -0.951. The van der Waals surface area contributed by atoms with E-state index in [1.165, 1.54) is 17.9 Å². The predicted octanol–water partition coefficient (Wildman–Crippen LogP) is 1.83. The van der Waals surface area contributed by atoms with Crippen molar-refractivity contribution in [2.24, 2.45) is 5.73 Å². The first-order valence-corrected chi connectivity index (χ1v) is 6.87. The Bertz CT molecular complexity index is 757. The van der Waals surface area contributed by atoms with Crippen LogP contribution < -0.4 is 16.4 Å². The van der Waals surface area contributed by atoms with Gasteiger partial charge in [-0.15, -0.1) is 0 Å². The number of nitrogens with two attached hydrogens (primary N) is 1. The summed E-state index contributed by atoms with van der Waals surface area (Å²) < 4.78 is 39.9. The predicted molar refractivity (Wildman–Crippen MR) is 80.7 cm³/mol. The zero-order valence-corrected chi connectivity index (χ0v) is 13.1. The summed E-state index contributed by atoms with van der Waals surface area (Å²) in [5, 5.41) is 9.20. The third-order valence-electron chi connectivity index (χ3n) is 3.40. The summed E-state index contributed by atoms with van der Waals surface area (Å²) in [6.07, 6.45) is -2.46. The number of anilines is 3. The van der Waals surface area contributed by atoms with E-state index in [2.05, 4.69) is 25.7 Å². The van der Waals surface area contributed by atoms with Gasteiger partial charge in [-0.2, -0.15) is 23.3 Å². The van der Waals surface area contributed by atoms with Crippen LogP contribution in [0.3, 0.4) is 0 Å². The van der Waals surface area contributed by atoms with E-state index in [9.17, 15) is 18.0 Å². The summed E-state index contributed by atoms with van der Waals surface area (Å²) in [5.41, 5.74) is 5.28. The molecule has 2 aromatic heterocycles. The molecule has 2 aromatic rings. The van der Waals surface area contributed by atoms with Gasteiger partial charge < -0.3 is 16.4 Å². The molecule has 0 aliphatic rings. The molecule has 11 heteroatoms. The molecule has 0 saturated heterocycles. The average molecular weight is 343 g/mol. The lowest BCUT2D eigenvalue weighted by Gasteiger charge is -2.13. The van der Waals surface area contributed by atoms with Gasteiger partial charge in [0.1, 0.15) is 17.4 Å². The van der Waals surface area contributed by atoms with Gasteiger partial charge in [0.25, 0.3) is 0 Å². The fraction of sp³-hybridized carbons (Fsp3) is 0.385. The van der Waals surface area contributed by atoms with E-state index in [0.717, 1.165) is 0 Å². The van der Waals surface area contributed by atoms with Gasteiger partial charge in [0.05, 0.1) is 17.6 Å². The summed E-state index contributed by atoms with van der Waals surface area (Å²) in [7, 11) is 1.33. The van der Waals surface area contributed by atoms with Crippen molar-refractivity contribution in [2.75, 3.05) is 17.7 Å². The summed E-state index contributed by atoms with van der Waals surface area (Å²) in [6.45, 7) is 3.26. The fourth-order valence-electron chi connectivity index (χ4n) is 2.02. The Morgan fingerprint density at radius 2 is 2.04 bits per heavy atom. The highest BCUT2D eigenvalue weighted by Crippen LogP contribution is 2.34. The first kappa shape index (κ1) is 17.5. The summed E-state index contributed by atoms with van der Waals surface area (Å²) >= 11 is 0. The van der Waals surface area contributed by atoms with Crippen LogP contribution in [0.4, 0.5) is 30.6 Å². The van der Waals surface area contributed by atoms with E-state index < -0.39 is 23.7 Å². The van der Waals surface area contributed by atoms with Crippen molar-refractivity contribution >= 4 is 23.4 Å². The van der Waals surface area contributed by atoms with Crippen LogP contribution in [0, 0.1) is 6.92 Å².